The lowest BCUT2D eigenvalue weighted by Gasteiger charge is -2.15. The summed E-state index contributed by atoms with van der Waals surface area (Å²) in [6.45, 7) is 3.99. The molecule has 1 aromatic rings. The number of amides is 1. The molecule has 0 aromatic carbocycles. The molecule has 1 unspecified atom stereocenters. The zero-order chi connectivity index (χ0) is 14.6. The third-order valence-electron chi connectivity index (χ3n) is 2.32. The molecule has 8 nitrogen and oxygen atoms in total. The highest BCUT2D eigenvalue weighted by Gasteiger charge is 2.23. The van der Waals surface area contributed by atoms with Gasteiger partial charge in [-0.15, -0.1) is 0 Å². The zero-order valence-electron chi connectivity index (χ0n) is 11.5. The average Bonchev–Trinajstić information content (AvgIpc) is 2.68. The summed E-state index contributed by atoms with van der Waals surface area (Å²) in [5.41, 5.74) is 0.545. The Morgan fingerprint density at radius 1 is 1.42 bits per heavy atom. The van der Waals surface area contributed by atoms with E-state index in [9.17, 15) is 9.00 Å². The van der Waals surface area contributed by atoms with E-state index in [0.717, 1.165) is 0 Å². The van der Waals surface area contributed by atoms with E-state index in [2.05, 4.69) is 14.8 Å². The largest absolute Gasteiger partial charge is 0.466 e. The van der Waals surface area contributed by atoms with E-state index >= 15 is 0 Å². The predicted molar refractivity (Wildman–Crippen MR) is 66.9 cm³/mol. The van der Waals surface area contributed by atoms with Crippen LogP contribution in [0.2, 0.25) is 0 Å². The first-order valence-corrected chi connectivity index (χ1v) is 7.03. The highest BCUT2D eigenvalue weighted by Crippen LogP contribution is 2.24. The van der Waals surface area contributed by atoms with Crippen molar-refractivity contribution in [2.75, 3.05) is 20.5 Å². The van der Waals surface area contributed by atoms with Crippen molar-refractivity contribution >= 4 is 16.9 Å². The van der Waals surface area contributed by atoms with Gasteiger partial charge in [0.2, 0.25) is 5.88 Å². The second-order valence-electron chi connectivity index (χ2n) is 3.50. The van der Waals surface area contributed by atoms with Crippen LogP contribution < -0.4 is 4.74 Å². The quantitative estimate of drug-likeness (QED) is 0.749. The molecule has 108 valence electrons. The van der Waals surface area contributed by atoms with Gasteiger partial charge >= 0.3 is 6.09 Å². The maximum absolute atomic E-state index is 11.7. The second kappa shape index (κ2) is 6.64. The van der Waals surface area contributed by atoms with Crippen molar-refractivity contribution in [2.45, 2.75) is 25.4 Å². The predicted octanol–water partition coefficient (Wildman–Crippen LogP) is 0.872. The molecule has 0 bridgehead atoms. The van der Waals surface area contributed by atoms with E-state index in [1.807, 2.05) is 6.92 Å². The molecule has 19 heavy (non-hydrogen) atoms. The number of hydrogen-bond donors (Lipinski definition) is 0. The summed E-state index contributed by atoms with van der Waals surface area (Å²) in [6.07, 6.45) is 0.661. The molecule has 0 saturated heterocycles. The maximum atomic E-state index is 11.7. The van der Waals surface area contributed by atoms with Gasteiger partial charge in [0.1, 0.15) is 0 Å². The van der Waals surface area contributed by atoms with Gasteiger partial charge in [-0.1, -0.05) is 0 Å². The van der Waals surface area contributed by atoms with Crippen molar-refractivity contribution in [1.82, 2.24) is 15.0 Å². The van der Waals surface area contributed by atoms with Crippen LogP contribution in [-0.2, 0) is 27.0 Å². The van der Waals surface area contributed by atoms with Gasteiger partial charge in [-0.3, -0.25) is 4.21 Å². The molecular formula is C10H17N3O5S. The minimum absolute atomic E-state index is 0.219. The maximum Gasteiger partial charge on any atom is 0.466 e. The van der Waals surface area contributed by atoms with E-state index in [0.29, 0.717) is 22.4 Å². The van der Waals surface area contributed by atoms with E-state index in [4.69, 9.17) is 4.74 Å². The van der Waals surface area contributed by atoms with E-state index in [1.54, 1.807) is 6.92 Å². The highest BCUT2D eigenvalue weighted by atomic mass is 32.2. The molecule has 1 amide bonds. The van der Waals surface area contributed by atoms with Gasteiger partial charge in [-0.2, -0.15) is 5.10 Å². The number of aryl methyl sites for hydroxylation is 1. The number of nitrogens with zero attached hydrogens (tertiary/aromatic N) is 3. The standard InChI is InChI=1S/C10H17N3O5S/c1-6-12-9(7(2)8(11-12)19(5)15)18-10(14)13(16-3)17-4/h6H2,1-5H3. The summed E-state index contributed by atoms with van der Waals surface area (Å²) in [5.74, 6) is 0.219. The van der Waals surface area contributed by atoms with Crippen LogP contribution >= 0.6 is 0 Å². The van der Waals surface area contributed by atoms with Gasteiger partial charge in [-0.05, 0) is 19.1 Å². The Morgan fingerprint density at radius 3 is 2.42 bits per heavy atom. The summed E-state index contributed by atoms with van der Waals surface area (Å²) in [4.78, 5) is 21.0. The SMILES string of the molecule is CCn1nc(S(C)=O)c(C)c1OC(=O)N(OC)OC. The molecule has 0 spiro atoms. The molecule has 0 radical (unpaired) electrons. The Bertz CT molecular complexity index is 484. The smallest absolute Gasteiger partial charge is 0.388 e. The normalized spacial score (nSPS) is 12.3. The average molecular weight is 291 g/mol. The Balaban J connectivity index is 3.06. The lowest BCUT2D eigenvalue weighted by Crippen LogP contribution is -2.32. The topological polar surface area (TPSA) is 82.9 Å². The number of hydroxylamine groups is 2. The number of carbonyl (C=O) groups is 1. The van der Waals surface area contributed by atoms with Crippen molar-refractivity contribution in [1.29, 1.82) is 0 Å². The van der Waals surface area contributed by atoms with Gasteiger partial charge in [0.25, 0.3) is 0 Å². The molecule has 1 atom stereocenters. The molecule has 0 aliphatic rings. The summed E-state index contributed by atoms with van der Waals surface area (Å²) >= 11 is 0. The van der Waals surface area contributed by atoms with Crippen LogP contribution in [0.5, 0.6) is 5.88 Å². The fraction of sp³-hybridized carbons (Fsp3) is 0.600. The van der Waals surface area contributed by atoms with Crippen molar-refractivity contribution in [3.8, 4) is 5.88 Å². The van der Waals surface area contributed by atoms with Crippen LogP contribution in [-0.4, -0.2) is 45.8 Å². The van der Waals surface area contributed by atoms with Crippen LogP contribution in [0.25, 0.3) is 0 Å². The number of carbonyl (C=O) groups excluding carboxylic acids is 1. The number of rotatable bonds is 5. The molecule has 1 rings (SSSR count). The summed E-state index contributed by atoms with van der Waals surface area (Å²) in [5, 5.41) is 5.09. The third-order valence-corrected chi connectivity index (χ3v) is 3.26. The number of aromatic nitrogens is 2. The fourth-order valence-electron chi connectivity index (χ4n) is 1.48. The number of ether oxygens (including phenoxy) is 1. The van der Waals surface area contributed by atoms with Gasteiger partial charge < -0.3 is 4.74 Å². The Kier molecular flexibility index (Phi) is 5.45. The highest BCUT2D eigenvalue weighted by molar-refractivity contribution is 7.84. The first-order valence-electron chi connectivity index (χ1n) is 5.47. The Labute approximate surface area is 113 Å². The molecule has 0 fully saturated rings. The van der Waals surface area contributed by atoms with Crippen LogP contribution in [0.4, 0.5) is 4.79 Å². The van der Waals surface area contributed by atoms with Crippen molar-refractivity contribution < 1.29 is 23.4 Å². The van der Waals surface area contributed by atoms with Crippen LogP contribution in [0.1, 0.15) is 12.5 Å². The Hall–Kier alpha value is -1.45. The molecular weight excluding hydrogens is 274 g/mol. The number of hydrogen-bond acceptors (Lipinski definition) is 6. The van der Waals surface area contributed by atoms with Crippen LogP contribution in [0.15, 0.2) is 5.03 Å². The molecule has 0 N–H and O–H groups in total. The van der Waals surface area contributed by atoms with Gasteiger partial charge in [0, 0.05) is 18.4 Å². The van der Waals surface area contributed by atoms with Crippen LogP contribution in [0, 0.1) is 6.92 Å². The monoisotopic (exact) mass is 291 g/mol. The first kappa shape index (κ1) is 15.6. The van der Waals surface area contributed by atoms with Gasteiger partial charge in [0.15, 0.2) is 5.03 Å². The molecule has 1 aromatic heterocycles. The summed E-state index contributed by atoms with van der Waals surface area (Å²) < 4.78 is 18.1. The fourth-order valence-corrected chi connectivity index (χ4v) is 2.21. The minimum atomic E-state index is -1.26. The van der Waals surface area contributed by atoms with E-state index in [-0.39, 0.29) is 5.88 Å². The third kappa shape index (κ3) is 3.31. The molecule has 0 aliphatic heterocycles. The van der Waals surface area contributed by atoms with Gasteiger partial charge in [-0.25, -0.2) is 19.2 Å². The van der Waals surface area contributed by atoms with E-state index < -0.39 is 16.9 Å². The zero-order valence-corrected chi connectivity index (χ0v) is 12.3. The molecule has 9 heteroatoms. The Morgan fingerprint density at radius 2 is 2.00 bits per heavy atom. The minimum Gasteiger partial charge on any atom is -0.388 e. The van der Waals surface area contributed by atoms with Crippen molar-refractivity contribution in [3.05, 3.63) is 5.56 Å². The van der Waals surface area contributed by atoms with Gasteiger partial charge in [0.05, 0.1) is 25.0 Å². The van der Waals surface area contributed by atoms with Crippen molar-refractivity contribution in [2.24, 2.45) is 0 Å². The summed E-state index contributed by atoms with van der Waals surface area (Å²) in [7, 11) is 1.27. The van der Waals surface area contributed by atoms with E-state index in [1.165, 1.54) is 25.2 Å². The lowest BCUT2D eigenvalue weighted by molar-refractivity contribution is -0.305. The van der Waals surface area contributed by atoms with Crippen molar-refractivity contribution in [3.63, 3.8) is 0 Å². The molecule has 1 heterocycles. The summed E-state index contributed by atoms with van der Waals surface area (Å²) in [6, 6.07) is 0. The molecule has 0 aliphatic carbocycles. The first-order chi connectivity index (χ1) is 8.96. The second-order valence-corrected chi connectivity index (χ2v) is 4.79. The van der Waals surface area contributed by atoms with Crippen LogP contribution in [0.3, 0.4) is 0 Å². The lowest BCUT2D eigenvalue weighted by atomic mass is 10.4. The molecule has 0 saturated carbocycles.